The Balaban J connectivity index is 2.34. The van der Waals surface area contributed by atoms with Gasteiger partial charge in [0.05, 0.1) is 29.6 Å². The van der Waals surface area contributed by atoms with E-state index in [-0.39, 0.29) is 23.4 Å². The summed E-state index contributed by atoms with van der Waals surface area (Å²) in [5, 5.41) is 23.1. The Morgan fingerprint density at radius 1 is 1.40 bits per heavy atom. The van der Waals surface area contributed by atoms with Crippen molar-refractivity contribution in [2.75, 3.05) is 20.3 Å². The Kier molecular flexibility index (Phi) is 5.58. The molecule has 1 aliphatic heterocycles. The van der Waals surface area contributed by atoms with Gasteiger partial charge < -0.3 is 19.9 Å². The Morgan fingerprint density at radius 2 is 2.04 bits per heavy atom. The van der Waals surface area contributed by atoms with Gasteiger partial charge in [0.25, 0.3) is 11.6 Å². The summed E-state index contributed by atoms with van der Waals surface area (Å²) < 4.78 is 10.4. The fourth-order valence-electron chi connectivity index (χ4n) is 2.92. The van der Waals surface area contributed by atoms with E-state index in [2.05, 4.69) is 5.32 Å². The van der Waals surface area contributed by atoms with E-state index < -0.39 is 22.3 Å². The third-order valence-electron chi connectivity index (χ3n) is 4.33. The predicted octanol–water partition coefficient (Wildman–Crippen LogP) is 1.67. The van der Waals surface area contributed by atoms with Crippen LogP contribution in [0.5, 0.6) is 5.75 Å². The van der Waals surface area contributed by atoms with Crippen LogP contribution in [0, 0.1) is 17.0 Å². The van der Waals surface area contributed by atoms with Gasteiger partial charge in [0, 0.05) is 24.8 Å². The molecule has 1 aliphatic rings. The Morgan fingerprint density at radius 3 is 2.56 bits per heavy atom. The maximum absolute atomic E-state index is 12.6. The van der Waals surface area contributed by atoms with Crippen LogP contribution in [0.15, 0.2) is 12.1 Å². The number of carbonyl (C=O) groups excluding carboxylic acids is 1. The van der Waals surface area contributed by atoms with E-state index in [0.717, 1.165) is 0 Å². The molecule has 2 rings (SSSR count). The van der Waals surface area contributed by atoms with Crippen LogP contribution in [-0.4, -0.2) is 47.8 Å². The first kappa shape index (κ1) is 18.7. The summed E-state index contributed by atoms with van der Waals surface area (Å²) in [5.41, 5.74) is -0.807. The average molecular weight is 352 g/mol. The van der Waals surface area contributed by atoms with Crippen molar-refractivity contribution in [1.29, 1.82) is 0 Å². The van der Waals surface area contributed by atoms with E-state index in [4.69, 9.17) is 14.6 Å². The molecule has 1 aromatic rings. The van der Waals surface area contributed by atoms with Crippen LogP contribution in [0.4, 0.5) is 5.69 Å². The number of aliphatic carboxylic acids is 1. The van der Waals surface area contributed by atoms with Crippen molar-refractivity contribution in [3.63, 3.8) is 0 Å². The topological polar surface area (TPSA) is 128 Å². The molecule has 1 saturated heterocycles. The van der Waals surface area contributed by atoms with Crippen LogP contribution in [0.2, 0.25) is 0 Å². The summed E-state index contributed by atoms with van der Waals surface area (Å²) in [6, 6.07) is 2.58. The highest BCUT2D eigenvalue weighted by Gasteiger charge is 2.37. The van der Waals surface area contributed by atoms with Crippen molar-refractivity contribution in [3.05, 3.63) is 33.4 Å². The van der Waals surface area contributed by atoms with Crippen LogP contribution in [0.1, 0.15) is 35.2 Å². The van der Waals surface area contributed by atoms with Crippen LogP contribution in [0.25, 0.3) is 0 Å². The number of carboxylic acid groups (broad SMARTS) is 1. The zero-order valence-electron chi connectivity index (χ0n) is 14.0. The number of nitrogens with zero attached hydrogens (tertiary/aromatic N) is 1. The molecule has 1 fully saturated rings. The van der Waals surface area contributed by atoms with Gasteiger partial charge in [-0.1, -0.05) is 0 Å². The molecule has 0 saturated carbocycles. The lowest BCUT2D eigenvalue weighted by atomic mass is 9.86. The normalized spacial score (nSPS) is 16.1. The number of benzene rings is 1. The molecule has 1 heterocycles. The highest BCUT2D eigenvalue weighted by Crippen LogP contribution is 2.30. The number of rotatable bonds is 6. The first-order valence-corrected chi connectivity index (χ1v) is 7.73. The van der Waals surface area contributed by atoms with E-state index >= 15 is 0 Å². The van der Waals surface area contributed by atoms with Crippen LogP contribution in [0.3, 0.4) is 0 Å². The van der Waals surface area contributed by atoms with E-state index in [1.165, 1.54) is 26.2 Å². The van der Waals surface area contributed by atoms with Gasteiger partial charge in [-0.25, -0.2) is 0 Å². The van der Waals surface area contributed by atoms with Crippen molar-refractivity contribution in [2.24, 2.45) is 0 Å². The molecule has 0 aromatic heterocycles. The number of methoxy groups -OCH3 is 1. The lowest BCUT2D eigenvalue weighted by molar-refractivity contribution is -0.385. The molecule has 9 heteroatoms. The van der Waals surface area contributed by atoms with Crippen molar-refractivity contribution in [2.45, 2.75) is 31.7 Å². The minimum absolute atomic E-state index is 0.0467. The molecule has 0 atom stereocenters. The summed E-state index contributed by atoms with van der Waals surface area (Å²) >= 11 is 0. The fraction of sp³-hybridized carbons (Fsp3) is 0.500. The zero-order valence-corrected chi connectivity index (χ0v) is 14.0. The van der Waals surface area contributed by atoms with Gasteiger partial charge in [-0.05, 0) is 25.8 Å². The quantitative estimate of drug-likeness (QED) is 0.588. The third-order valence-corrected chi connectivity index (χ3v) is 4.33. The molecule has 0 aliphatic carbocycles. The first-order valence-electron chi connectivity index (χ1n) is 7.73. The van der Waals surface area contributed by atoms with E-state index in [9.17, 15) is 19.7 Å². The van der Waals surface area contributed by atoms with Gasteiger partial charge in [0.1, 0.15) is 5.75 Å². The van der Waals surface area contributed by atoms with E-state index in [1.54, 1.807) is 0 Å². The number of hydrogen-bond acceptors (Lipinski definition) is 6. The molecule has 0 unspecified atom stereocenters. The number of amides is 1. The zero-order chi connectivity index (χ0) is 18.6. The molecule has 9 nitrogen and oxygen atoms in total. The number of hydrogen-bond donors (Lipinski definition) is 2. The first-order chi connectivity index (χ1) is 11.8. The van der Waals surface area contributed by atoms with Crippen molar-refractivity contribution < 1.29 is 29.1 Å². The van der Waals surface area contributed by atoms with Gasteiger partial charge in [0.2, 0.25) is 0 Å². The number of carboxylic acids is 1. The predicted molar refractivity (Wildman–Crippen MR) is 86.9 cm³/mol. The summed E-state index contributed by atoms with van der Waals surface area (Å²) in [4.78, 5) is 34.4. The number of carbonyl (C=O) groups is 2. The number of nitro groups is 1. The van der Waals surface area contributed by atoms with Gasteiger partial charge >= 0.3 is 5.97 Å². The number of ether oxygens (including phenoxy) is 2. The number of nitro benzene ring substituents is 1. The van der Waals surface area contributed by atoms with Gasteiger partial charge in [0.15, 0.2) is 0 Å². The summed E-state index contributed by atoms with van der Waals surface area (Å²) in [6.07, 6.45) is 0.472. The lowest BCUT2D eigenvalue weighted by Crippen LogP contribution is -2.53. The van der Waals surface area contributed by atoms with Crippen molar-refractivity contribution in [3.8, 4) is 5.75 Å². The molecule has 0 radical (unpaired) electrons. The molecule has 0 spiro atoms. The van der Waals surface area contributed by atoms with Crippen LogP contribution >= 0.6 is 0 Å². The molecule has 25 heavy (non-hydrogen) atoms. The monoisotopic (exact) mass is 352 g/mol. The fourth-order valence-corrected chi connectivity index (χ4v) is 2.92. The lowest BCUT2D eigenvalue weighted by Gasteiger charge is -2.36. The molecule has 1 aromatic carbocycles. The molecule has 0 bridgehead atoms. The highest BCUT2D eigenvalue weighted by molar-refractivity contribution is 5.96. The smallest absolute Gasteiger partial charge is 0.305 e. The largest absolute Gasteiger partial charge is 0.496 e. The van der Waals surface area contributed by atoms with Gasteiger partial charge in [-0.15, -0.1) is 0 Å². The van der Waals surface area contributed by atoms with Crippen molar-refractivity contribution >= 4 is 17.6 Å². The second-order valence-corrected chi connectivity index (χ2v) is 6.00. The van der Waals surface area contributed by atoms with Crippen LogP contribution < -0.4 is 10.1 Å². The molecular formula is C16H20N2O7. The van der Waals surface area contributed by atoms with Gasteiger partial charge in [-0.3, -0.25) is 19.7 Å². The van der Waals surface area contributed by atoms with E-state index in [0.29, 0.717) is 31.6 Å². The maximum Gasteiger partial charge on any atom is 0.305 e. The summed E-state index contributed by atoms with van der Waals surface area (Å²) in [7, 11) is 1.36. The molecule has 1 amide bonds. The number of nitrogens with one attached hydrogen (secondary N) is 1. The molecule has 136 valence electrons. The SMILES string of the molecule is COc1cc(C(=O)NC2(CC(=O)O)CCOCC2)cc([N+](=O)[O-])c1C. The second kappa shape index (κ2) is 7.47. The minimum Gasteiger partial charge on any atom is -0.496 e. The Bertz CT molecular complexity index is 696. The second-order valence-electron chi connectivity index (χ2n) is 6.00. The van der Waals surface area contributed by atoms with E-state index in [1.807, 2.05) is 0 Å². The third kappa shape index (κ3) is 4.24. The van der Waals surface area contributed by atoms with Gasteiger partial charge in [-0.2, -0.15) is 0 Å². The molecular weight excluding hydrogens is 332 g/mol. The van der Waals surface area contributed by atoms with Crippen molar-refractivity contribution in [1.82, 2.24) is 5.32 Å². The summed E-state index contributed by atoms with van der Waals surface area (Å²) in [6.45, 7) is 2.21. The standard InChI is InChI=1S/C16H20N2O7/c1-10-12(18(22)23)7-11(8-13(10)24-2)15(21)17-16(9-14(19)20)3-5-25-6-4-16/h7-8H,3-6,9H2,1-2H3,(H,17,21)(H,19,20). The summed E-state index contributed by atoms with van der Waals surface area (Å²) in [5.74, 6) is -1.39. The Labute approximate surface area is 144 Å². The minimum atomic E-state index is -1.03. The molecule has 2 N–H and O–H groups in total. The highest BCUT2D eigenvalue weighted by atomic mass is 16.6. The Hall–Kier alpha value is -2.68. The average Bonchev–Trinajstić information content (AvgIpc) is 2.54. The van der Waals surface area contributed by atoms with Crippen LogP contribution in [-0.2, 0) is 9.53 Å². The maximum atomic E-state index is 12.6.